The molecule has 0 aliphatic rings. The first-order valence-corrected chi connectivity index (χ1v) is 4.15. The van der Waals surface area contributed by atoms with E-state index < -0.39 is 11.9 Å². The molecule has 0 radical (unpaired) electrons. The third-order valence-electron chi connectivity index (χ3n) is 1.47. The van der Waals surface area contributed by atoms with Gasteiger partial charge in [-0.15, -0.1) is 0 Å². The van der Waals surface area contributed by atoms with Crippen LogP contribution in [0.25, 0.3) is 0 Å². The molecular weight excluding hydrogens is 212 g/mol. The summed E-state index contributed by atoms with van der Waals surface area (Å²) in [6.07, 6.45) is 4.37. The molecule has 0 saturated carbocycles. The number of aromatic nitrogens is 2. The van der Waals surface area contributed by atoms with Crippen LogP contribution in [0.1, 0.15) is 21.0 Å². The van der Waals surface area contributed by atoms with E-state index in [9.17, 15) is 9.59 Å². The zero-order valence-electron chi connectivity index (χ0n) is 8.25. The molecule has 0 fully saturated rings. The van der Waals surface area contributed by atoms with E-state index in [4.69, 9.17) is 0 Å². The number of rotatable bonds is 4. The lowest BCUT2D eigenvalue weighted by Crippen LogP contribution is -2.14. The minimum atomic E-state index is -0.834. The molecular formula is C10H8N2O4. The minimum absolute atomic E-state index is 0.241. The summed E-state index contributed by atoms with van der Waals surface area (Å²) in [5, 5.41) is 0. The zero-order valence-corrected chi connectivity index (χ0v) is 8.25. The highest BCUT2D eigenvalue weighted by molar-refractivity contribution is 6.00. The number of esters is 2. The monoisotopic (exact) mass is 220 g/mol. The van der Waals surface area contributed by atoms with Crippen LogP contribution in [0.15, 0.2) is 38.1 Å². The number of hydrogen-bond acceptors (Lipinski definition) is 6. The predicted molar refractivity (Wildman–Crippen MR) is 53.3 cm³/mol. The Morgan fingerprint density at radius 1 is 1.00 bits per heavy atom. The third-order valence-corrected chi connectivity index (χ3v) is 1.47. The lowest BCUT2D eigenvalue weighted by Gasteiger charge is -2.03. The van der Waals surface area contributed by atoms with Gasteiger partial charge < -0.3 is 9.47 Å². The third kappa shape index (κ3) is 2.50. The SMILES string of the molecule is C=COC(=O)c1nccnc1C(=O)OC=C. The maximum atomic E-state index is 11.3. The standard InChI is InChI=1S/C10H8N2O4/c1-3-15-9(13)7-8(10(14)16-4-2)12-6-5-11-7/h3-6H,1-2H2. The van der Waals surface area contributed by atoms with E-state index in [0.717, 1.165) is 12.5 Å². The van der Waals surface area contributed by atoms with Gasteiger partial charge in [-0.05, 0) is 0 Å². The van der Waals surface area contributed by atoms with Crippen molar-refractivity contribution in [1.82, 2.24) is 9.97 Å². The van der Waals surface area contributed by atoms with Gasteiger partial charge in [-0.25, -0.2) is 19.6 Å². The fourth-order valence-electron chi connectivity index (χ4n) is 0.900. The van der Waals surface area contributed by atoms with Crippen LogP contribution < -0.4 is 0 Å². The molecule has 0 unspecified atom stereocenters. The van der Waals surface area contributed by atoms with Crippen molar-refractivity contribution in [2.45, 2.75) is 0 Å². The maximum Gasteiger partial charge on any atom is 0.364 e. The van der Waals surface area contributed by atoms with Gasteiger partial charge in [0, 0.05) is 12.4 Å². The van der Waals surface area contributed by atoms with Crippen LogP contribution in [0.5, 0.6) is 0 Å². The molecule has 6 heteroatoms. The van der Waals surface area contributed by atoms with Gasteiger partial charge in [0.1, 0.15) is 0 Å². The smallest absolute Gasteiger partial charge is 0.364 e. The minimum Gasteiger partial charge on any atom is -0.430 e. The summed E-state index contributed by atoms with van der Waals surface area (Å²) >= 11 is 0. The number of carbonyl (C=O) groups excluding carboxylic acids is 2. The van der Waals surface area contributed by atoms with Crippen molar-refractivity contribution < 1.29 is 19.1 Å². The summed E-state index contributed by atoms with van der Waals surface area (Å²) in [4.78, 5) is 30.1. The second-order valence-corrected chi connectivity index (χ2v) is 2.40. The summed E-state index contributed by atoms with van der Waals surface area (Å²) in [5.41, 5.74) is -0.483. The van der Waals surface area contributed by atoms with E-state index in [-0.39, 0.29) is 11.4 Å². The molecule has 6 nitrogen and oxygen atoms in total. The van der Waals surface area contributed by atoms with E-state index in [2.05, 4.69) is 32.6 Å². The molecule has 0 atom stereocenters. The lowest BCUT2D eigenvalue weighted by atomic mass is 10.3. The van der Waals surface area contributed by atoms with Crippen molar-refractivity contribution in [1.29, 1.82) is 0 Å². The first-order valence-electron chi connectivity index (χ1n) is 4.15. The van der Waals surface area contributed by atoms with Gasteiger partial charge in [0.05, 0.1) is 12.5 Å². The molecule has 82 valence electrons. The van der Waals surface area contributed by atoms with Crippen LogP contribution in [0.2, 0.25) is 0 Å². The van der Waals surface area contributed by atoms with Crippen LogP contribution >= 0.6 is 0 Å². The second kappa shape index (κ2) is 5.40. The highest BCUT2D eigenvalue weighted by Crippen LogP contribution is 2.06. The van der Waals surface area contributed by atoms with Crippen LogP contribution in [0.4, 0.5) is 0 Å². The van der Waals surface area contributed by atoms with Crippen LogP contribution in [-0.4, -0.2) is 21.9 Å². The molecule has 0 spiro atoms. The van der Waals surface area contributed by atoms with Gasteiger partial charge >= 0.3 is 11.9 Å². The fourth-order valence-corrected chi connectivity index (χ4v) is 0.900. The molecule has 1 rings (SSSR count). The predicted octanol–water partition coefficient (Wildman–Crippen LogP) is 1.08. The Bertz CT molecular complexity index is 401. The lowest BCUT2D eigenvalue weighted by molar-refractivity contribution is 0.0609. The Labute approximate surface area is 91.2 Å². The number of carbonyl (C=O) groups is 2. The van der Waals surface area contributed by atoms with Crippen molar-refractivity contribution in [2.75, 3.05) is 0 Å². The molecule has 0 aromatic carbocycles. The number of ether oxygens (including phenoxy) is 2. The van der Waals surface area contributed by atoms with E-state index in [1.54, 1.807) is 0 Å². The molecule has 1 aromatic rings. The molecule has 0 N–H and O–H groups in total. The Morgan fingerprint density at radius 3 is 1.69 bits per heavy atom. The van der Waals surface area contributed by atoms with Gasteiger partial charge in [-0.3, -0.25) is 0 Å². The molecule has 0 saturated heterocycles. The molecule has 0 aliphatic heterocycles. The van der Waals surface area contributed by atoms with Crippen molar-refractivity contribution in [2.24, 2.45) is 0 Å². The molecule has 0 bridgehead atoms. The summed E-state index contributed by atoms with van der Waals surface area (Å²) in [6.45, 7) is 6.43. The summed E-state index contributed by atoms with van der Waals surface area (Å²) in [5.74, 6) is -1.67. The molecule has 1 aromatic heterocycles. The first kappa shape index (κ1) is 11.6. The molecule has 16 heavy (non-hydrogen) atoms. The average Bonchev–Trinajstić information content (AvgIpc) is 2.30. The van der Waals surface area contributed by atoms with Gasteiger partial charge in [0.15, 0.2) is 11.4 Å². The zero-order chi connectivity index (χ0) is 12.0. The Morgan fingerprint density at radius 2 is 1.38 bits per heavy atom. The molecule has 0 amide bonds. The van der Waals surface area contributed by atoms with E-state index >= 15 is 0 Å². The summed E-state index contributed by atoms with van der Waals surface area (Å²) in [6, 6.07) is 0. The normalized spacial score (nSPS) is 9.00. The van der Waals surface area contributed by atoms with Crippen molar-refractivity contribution in [3.8, 4) is 0 Å². The van der Waals surface area contributed by atoms with Gasteiger partial charge in [0.25, 0.3) is 0 Å². The summed E-state index contributed by atoms with van der Waals surface area (Å²) < 4.78 is 8.97. The largest absolute Gasteiger partial charge is 0.430 e. The van der Waals surface area contributed by atoms with Gasteiger partial charge in [0.2, 0.25) is 0 Å². The molecule has 1 heterocycles. The first-order chi connectivity index (χ1) is 7.70. The van der Waals surface area contributed by atoms with E-state index in [1.807, 2.05) is 0 Å². The van der Waals surface area contributed by atoms with Crippen molar-refractivity contribution in [3.05, 3.63) is 49.5 Å². The van der Waals surface area contributed by atoms with Crippen LogP contribution in [0.3, 0.4) is 0 Å². The number of hydrogen-bond donors (Lipinski definition) is 0. The maximum absolute atomic E-state index is 11.3. The summed E-state index contributed by atoms with van der Waals surface area (Å²) in [7, 11) is 0. The highest BCUT2D eigenvalue weighted by Gasteiger charge is 2.21. The average molecular weight is 220 g/mol. The van der Waals surface area contributed by atoms with Crippen molar-refractivity contribution >= 4 is 11.9 Å². The topological polar surface area (TPSA) is 78.4 Å². The fraction of sp³-hybridized carbons (Fsp3) is 0. The quantitative estimate of drug-likeness (QED) is 0.558. The second-order valence-electron chi connectivity index (χ2n) is 2.40. The Hall–Kier alpha value is -2.50. The highest BCUT2D eigenvalue weighted by atomic mass is 16.5. The Kier molecular flexibility index (Phi) is 3.90. The van der Waals surface area contributed by atoms with Crippen LogP contribution in [-0.2, 0) is 9.47 Å². The van der Waals surface area contributed by atoms with Gasteiger partial charge in [-0.1, -0.05) is 13.2 Å². The van der Waals surface area contributed by atoms with E-state index in [0.29, 0.717) is 0 Å². The van der Waals surface area contributed by atoms with Crippen molar-refractivity contribution in [3.63, 3.8) is 0 Å². The van der Waals surface area contributed by atoms with Crippen LogP contribution in [0, 0.1) is 0 Å². The Balaban J connectivity index is 3.09. The van der Waals surface area contributed by atoms with E-state index in [1.165, 1.54) is 12.4 Å². The molecule has 0 aliphatic carbocycles. The number of nitrogens with zero attached hydrogens (tertiary/aromatic N) is 2. The van der Waals surface area contributed by atoms with Gasteiger partial charge in [-0.2, -0.15) is 0 Å².